The van der Waals surface area contributed by atoms with Gasteiger partial charge in [0.2, 0.25) is 0 Å². The van der Waals surface area contributed by atoms with Gasteiger partial charge in [-0.15, -0.1) is 0 Å². The molecule has 0 aliphatic carbocycles. The largest absolute Gasteiger partial charge is 0.494 e. The number of carbonyl (C=O) groups is 1. The first kappa shape index (κ1) is 26.4. The molecule has 0 saturated carbocycles. The molecule has 0 bridgehead atoms. The minimum atomic E-state index is -3.89. The van der Waals surface area contributed by atoms with E-state index in [1.54, 1.807) is 38.1 Å². The summed E-state index contributed by atoms with van der Waals surface area (Å²) >= 11 is 0. The first-order chi connectivity index (χ1) is 17.2. The first-order valence-electron chi connectivity index (χ1n) is 11.3. The molecule has 1 aromatic heterocycles. The maximum Gasteiger partial charge on any atom is 0.266 e. The van der Waals surface area contributed by atoms with E-state index in [2.05, 4.69) is 26.9 Å². The van der Waals surface area contributed by atoms with Crippen molar-refractivity contribution in [3.05, 3.63) is 77.3 Å². The maximum atomic E-state index is 12.7. The average molecular weight is 506 g/mol. The number of amides is 1. The minimum Gasteiger partial charge on any atom is -0.494 e. The van der Waals surface area contributed by atoms with Gasteiger partial charge in [0.1, 0.15) is 29.0 Å². The predicted octanol–water partition coefficient (Wildman–Crippen LogP) is 4.62. The zero-order valence-corrected chi connectivity index (χ0v) is 21.1. The fraction of sp³-hybridized carbons (Fsp3) is 0.231. The van der Waals surface area contributed by atoms with Crippen molar-refractivity contribution in [3.8, 4) is 11.8 Å². The molecule has 3 aromatic rings. The van der Waals surface area contributed by atoms with E-state index in [9.17, 15) is 18.5 Å². The highest BCUT2D eigenvalue weighted by atomic mass is 32.2. The van der Waals surface area contributed by atoms with Gasteiger partial charge < -0.3 is 10.1 Å². The molecule has 9 nitrogen and oxygen atoms in total. The van der Waals surface area contributed by atoms with Gasteiger partial charge in [-0.3, -0.25) is 9.52 Å². The Morgan fingerprint density at radius 2 is 1.78 bits per heavy atom. The van der Waals surface area contributed by atoms with Crippen molar-refractivity contribution in [2.24, 2.45) is 0 Å². The number of aryl methyl sites for hydroxylation is 2. The van der Waals surface area contributed by atoms with Crippen LogP contribution in [-0.2, 0) is 14.8 Å². The Kier molecular flexibility index (Phi) is 8.76. The topological polar surface area (TPSA) is 134 Å². The minimum absolute atomic E-state index is 0.00767. The van der Waals surface area contributed by atoms with Crippen molar-refractivity contribution in [1.82, 2.24) is 9.97 Å². The summed E-state index contributed by atoms with van der Waals surface area (Å²) in [7, 11) is -3.89. The van der Waals surface area contributed by atoms with E-state index < -0.39 is 15.9 Å². The molecule has 1 heterocycles. The third-order valence-corrected chi connectivity index (χ3v) is 6.32. The number of aromatic nitrogens is 2. The SMILES string of the molecule is CCCCOc1ccc(/C=C(\C#N)C(=O)Nc2ccc(S(=O)(=O)Nc3cc(C)nc(C)n3)cc2)cc1. The van der Waals surface area contributed by atoms with Gasteiger partial charge >= 0.3 is 0 Å². The van der Waals surface area contributed by atoms with Crippen LogP contribution in [0.4, 0.5) is 11.5 Å². The van der Waals surface area contributed by atoms with Crippen LogP contribution < -0.4 is 14.8 Å². The Bertz CT molecular complexity index is 1370. The third kappa shape index (κ3) is 7.38. The molecule has 2 aromatic carbocycles. The number of sulfonamides is 1. The van der Waals surface area contributed by atoms with Gasteiger partial charge in [-0.1, -0.05) is 25.5 Å². The second kappa shape index (κ2) is 12.0. The highest BCUT2D eigenvalue weighted by molar-refractivity contribution is 7.92. The van der Waals surface area contributed by atoms with Crippen molar-refractivity contribution >= 4 is 33.5 Å². The molecule has 0 spiro atoms. The van der Waals surface area contributed by atoms with Crippen molar-refractivity contribution in [1.29, 1.82) is 5.26 Å². The Balaban J connectivity index is 1.67. The fourth-order valence-electron chi connectivity index (χ4n) is 3.19. The quantitative estimate of drug-likeness (QED) is 0.233. The zero-order chi connectivity index (χ0) is 26.1. The van der Waals surface area contributed by atoms with Gasteiger partial charge in [0.25, 0.3) is 15.9 Å². The summed E-state index contributed by atoms with van der Waals surface area (Å²) in [6.07, 6.45) is 3.48. The van der Waals surface area contributed by atoms with E-state index in [-0.39, 0.29) is 16.3 Å². The fourth-order valence-corrected chi connectivity index (χ4v) is 4.18. The molecule has 36 heavy (non-hydrogen) atoms. The van der Waals surface area contributed by atoms with Gasteiger partial charge in [-0.25, -0.2) is 18.4 Å². The summed E-state index contributed by atoms with van der Waals surface area (Å²) in [6, 6.07) is 16.1. The first-order valence-corrected chi connectivity index (χ1v) is 12.8. The van der Waals surface area contributed by atoms with Crippen LogP contribution in [-0.4, -0.2) is 30.9 Å². The number of nitrogens with zero attached hydrogens (tertiary/aromatic N) is 3. The van der Waals surface area contributed by atoms with Crippen LogP contribution in [0.5, 0.6) is 5.75 Å². The lowest BCUT2D eigenvalue weighted by atomic mass is 10.1. The second-order valence-electron chi connectivity index (χ2n) is 7.97. The number of nitrogens with one attached hydrogen (secondary N) is 2. The average Bonchev–Trinajstić information content (AvgIpc) is 2.83. The molecule has 0 unspecified atom stereocenters. The molecule has 0 saturated heterocycles. The van der Waals surface area contributed by atoms with Gasteiger partial charge in [-0.2, -0.15) is 5.26 Å². The number of rotatable bonds is 10. The lowest BCUT2D eigenvalue weighted by molar-refractivity contribution is -0.112. The standard InChI is InChI=1S/C26H27N5O4S/c1-4-5-14-35-23-10-6-20(7-11-23)16-21(17-27)26(32)30-22-8-12-24(13-9-22)36(33,34)31-25-15-18(2)28-19(3)29-25/h6-13,15-16H,4-5,14H2,1-3H3,(H,30,32)(H,28,29,31)/b21-16+. The number of unbranched alkanes of at least 4 members (excludes halogenated alkanes) is 1. The smallest absolute Gasteiger partial charge is 0.266 e. The maximum absolute atomic E-state index is 12.7. The molecule has 0 radical (unpaired) electrons. The monoisotopic (exact) mass is 505 g/mol. The summed E-state index contributed by atoms with van der Waals surface area (Å²) < 4.78 is 33.4. The van der Waals surface area contributed by atoms with Crippen LogP contribution >= 0.6 is 0 Å². The molecule has 0 aliphatic heterocycles. The Hall–Kier alpha value is -4.23. The van der Waals surface area contributed by atoms with Crippen LogP contribution in [0.2, 0.25) is 0 Å². The van der Waals surface area contributed by atoms with E-state index in [4.69, 9.17) is 4.74 Å². The number of hydrogen-bond acceptors (Lipinski definition) is 7. The summed E-state index contributed by atoms with van der Waals surface area (Å²) in [4.78, 5) is 20.8. The van der Waals surface area contributed by atoms with E-state index >= 15 is 0 Å². The van der Waals surface area contributed by atoms with Gasteiger partial charge in [0.05, 0.1) is 11.5 Å². The Labute approximate surface area is 210 Å². The molecular weight excluding hydrogens is 478 g/mol. The number of hydrogen-bond donors (Lipinski definition) is 2. The number of carbonyl (C=O) groups excluding carboxylic acids is 1. The molecular formula is C26H27N5O4S. The molecule has 186 valence electrons. The van der Waals surface area contributed by atoms with Crippen molar-refractivity contribution in [2.75, 3.05) is 16.6 Å². The van der Waals surface area contributed by atoms with E-state index in [1.807, 2.05) is 6.07 Å². The normalized spacial score (nSPS) is 11.4. The molecule has 0 fully saturated rings. The number of benzene rings is 2. The molecule has 0 atom stereocenters. The lowest BCUT2D eigenvalue weighted by Crippen LogP contribution is -2.16. The van der Waals surface area contributed by atoms with Crippen molar-refractivity contribution < 1.29 is 17.9 Å². The van der Waals surface area contributed by atoms with Crippen LogP contribution in [0.15, 0.2) is 65.1 Å². The van der Waals surface area contributed by atoms with Crippen LogP contribution in [0.1, 0.15) is 36.8 Å². The lowest BCUT2D eigenvalue weighted by Gasteiger charge is -2.10. The van der Waals surface area contributed by atoms with Gasteiger partial charge in [-0.05, 0) is 68.3 Å². The molecule has 2 N–H and O–H groups in total. The molecule has 0 aliphatic rings. The van der Waals surface area contributed by atoms with Crippen LogP contribution in [0.3, 0.4) is 0 Å². The Morgan fingerprint density at radius 1 is 1.08 bits per heavy atom. The highest BCUT2D eigenvalue weighted by Crippen LogP contribution is 2.19. The van der Waals surface area contributed by atoms with E-state index in [0.717, 1.165) is 18.6 Å². The number of anilines is 2. The van der Waals surface area contributed by atoms with E-state index in [0.29, 0.717) is 29.4 Å². The summed E-state index contributed by atoms with van der Waals surface area (Å²) in [5.41, 5.74) is 1.55. The zero-order valence-electron chi connectivity index (χ0n) is 20.3. The van der Waals surface area contributed by atoms with E-state index in [1.165, 1.54) is 36.4 Å². The molecule has 3 rings (SSSR count). The Morgan fingerprint density at radius 3 is 2.39 bits per heavy atom. The predicted molar refractivity (Wildman–Crippen MR) is 138 cm³/mol. The molecule has 10 heteroatoms. The van der Waals surface area contributed by atoms with Gasteiger partial charge in [0.15, 0.2) is 0 Å². The van der Waals surface area contributed by atoms with Gasteiger partial charge in [0, 0.05) is 17.4 Å². The van der Waals surface area contributed by atoms with Crippen LogP contribution in [0.25, 0.3) is 6.08 Å². The van der Waals surface area contributed by atoms with Crippen molar-refractivity contribution in [3.63, 3.8) is 0 Å². The summed E-state index contributed by atoms with van der Waals surface area (Å²) in [5.74, 6) is 0.726. The third-order valence-electron chi connectivity index (χ3n) is 4.95. The summed E-state index contributed by atoms with van der Waals surface area (Å²) in [5, 5.41) is 12.1. The number of ether oxygens (including phenoxy) is 1. The summed E-state index contributed by atoms with van der Waals surface area (Å²) in [6.45, 7) is 6.13. The van der Waals surface area contributed by atoms with Crippen LogP contribution in [0, 0.1) is 25.2 Å². The van der Waals surface area contributed by atoms with Crippen molar-refractivity contribution in [2.45, 2.75) is 38.5 Å². The second-order valence-corrected chi connectivity index (χ2v) is 9.65. The number of nitriles is 1. The highest BCUT2D eigenvalue weighted by Gasteiger charge is 2.16. The molecule has 1 amide bonds.